The van der Waals surface area contributed by atoms with Gasteiger partial charge in [0.1, 0.15) is 0 Å². The van der Waals surface area contributed by atoms with Gasteiger partial charge in [-0.1, -0.05) is 66.7 Å². The summed E-state index contributed by atoms with van der Waals surface area (Å²) in [5, 5.41) is 0. The van der Waals surface area contributed by atoms with Gasteiger partial charge in [0.25, 0.3) is 0 Å². The predicted octanol–water partition coefficient (Wildman–Crippen LogP) is 5.17. The van der Waals surface area contributed by atoms with Crippen LogP contribution in [0.1, 0.15) is 45.0 Å². The van der Waals surface area contributed by atoms with E-state index in [4.69, 9.17) is 0 Å². The molecule has 0 radical (unpaired) electrons. The van der Waals surface area contributed by atoms with Crippen LogP contribution >= 0.6 is 0 Å². The molecule has 5 rings (SSSR count). The van der Waals surface area contributed by atoms with Gasteiger partial charge in [0.2, 0.25) is 0 Å². The lowest BCUT2D eigenvalue weighted by molar-refractivity contribution is 0.0946. The van der Waals surface area contributed by atoms with Gasteiger partial charge in [-0.2, -0.15) is 0 Å². The molecule has 0 aliphatic heterocycles. The summed E-state index contributed by atoms with van der Waals surface area (Å²) in [6.45, 7) is 0. The van der Waals surface area contributed by atoms with Crippen molar-refractivity contribution in [1.82, 2.24) is 0 Å². The van der Waals surface area contributed by atoms with Crippen LogP contribution in [0.4, 0.5) is 0 Å². The van der Waals surface area contributed by atoms with E-state index in [0.29, 0.717) is 0 Å². The molecule has 1 unspecified atom stereocenters. The number of benzene rings is 3. The Labute approximate surface area is 142 Å². The number of ketones is 1. The molecule has 116 valence electrons. The van der Waals surface area contributed by atoms with Crippen molar-refractivity contribution in [2.45, 2.75) is 25.2 Å². The first-order chi connectivity index (χ1) is 11.8. The minimum absolute atomic E-state index is 0.00189. The molecule has 1 heteroatoms. The highest BCUT2D eigenvalue weighted by molar-refractivity contribution is 6.03. The van der Waals surface area contributed by atoms with E-state index in [1.807, 2.05) is 18.2 Å². The molecule has 0 spiro atoms. The van der Waals surface area contributed by atoms with Crippen LogP contribution in [0.3, 0.4) is 0 Å². The van der Waals surface area contributed by atoms with E-state index in [-0.39, 0.29) is 11.7 Å². The van der Waals surface area contributed by atoms with Gasteiger partial charge in [-0.3, -0.25) is 4.79 Å². The average molecular weight is 310 g/mol. The molecule has 3 aromatic carbocycles. The van der Waals surface area contributed by atoms with Gasteiger partial charge in [0, 0.05) is 11.5 Å². The molecule has 2 aliphatic carbocycles. The van der Waals surface area contributed by atoms with E-state index in [0.717, 1.165) is 24.8 Å². The summed E-state index contributed by atoms with van der Waals surface area (Å²) in [5.74, 6) is 0.279. The van der Waals surface area contributed by atoms with E-state index in [1.165, 1.54) is 33.4 Å². The van der Waals surface area contributed by atoms with Gasteiger partial charge in [-0.05, 0) is 52.6 Å². The van der Waals surface area contributed by atoms with E-state index < -0.39 is 0 Å². The molecule has 0 saturated carbocycles. The molecule has 0 heterocycles. The topological polar surface area (TPSA) is 17.1 Å². The maximum atomic E-state index is 13.0. The molecule has 0 aromatic heterocycles. The number of fused-ring (bicyclic) bond motifs is 4. The Morgan fingerprint density at radius 3 is 2.29 bits per heavy atom. The summed E-state index contributed by atoms with van der Waals surface area (Å²) >= 11 is 0. The van der Waals surface area contributed by atoms with E-state index in [1.54, 1.807) is 0 Å². The first-order valence-corrected chi connectivity index (χ1v) is 8.64. The monoisotopic (exact) mass is 310 g/mol. The van der Waals surface area contributed by atoms with Crippen molar-refractivity contribution in [2.24, 2.45) is 0 Å². The van der Waals surface area contributed by atoms with Crippen molar-refractivity contribution in [2.75, 3.05) is 0 Å². The highest BCUT2D eigenvalue weighted by atomic mass is 16.1. The minimum atomic E-state index is -0.00189. The van der Waals surface area contributed by atoms with E-state index in [2.05, 4.69) is 48.5 Å². The second kappa shape index (κ2) is 5.17. The molecule has 3 aromatic rings. The lowest BCUT2D eigenvalue weighted by atomic mass is 9.78. The van der Waals surface area contributed by atoms with Gasteiger partial charge in [0.15, 0.2) is 5.78 Å². The Morgan fingerprint density at radius 2 is 1.42 bits per heavy atom. The van der Waals surface area contributed by atoms with Gasteiger partial charge < -0.3 is 0 Å². The highest BCUT2D eigenvalue weighted by Gasteiger charge is 2.29. The summed E-state index contributed by atoms with van der Waals surface area (Å²) in [4.78, 5) is 13.0. The fourth-order valence-corrected chi connectivity index (χ4v) is 4.27. The summed E-state index contributed by atoms with van der Waals surface area (Å²) in [5.41, 5.74) is 8.70. The standard InChI is InChI=1S/C23H18O/c24-23-20-8-4-1-5-15(20)11-12-21(23)18-10-9-17-13-16-6-2-3-7-19(16)22(17)14-18/h1-10,14,21H,11-13H2. The van der Waals surface area contributed by atoms with E-state index in [9.17, 15) is 4.79 Å². The second-order valence-corrected chi connectivity index (χ2v) is 6.86. The van der Waals surface area contributed by atoms with Crippen LogP contribution in [0.25, 0.3) is 11.1 Å². The van der Waals surface area contributed by atoms with Crippen LogP contribution in [-0.2, 0) is 12.8 Å². The van der Waals surface area contributed by atoms with Crippen molar-refractivity contribution in [3.63, 3.8) is 0 Å². The second-order valence-electron chi connectivity index (χ2n) is 6.86. The third-order valence-electron chi connectivity index (χ3n) is 5.53. The maximum Gasteiger partial charge on any atom is 0.170 e. The normalized spacial score (nSPS) is 18.0. The van der Waals surface area contributed by atoms with Gasteiger partial charge in [-0.15, -0.1) is 0 Å². The molecule has 0 bridgehead atoms. The molecule has 2 aliphatic rings. The van der Waals surface area contributed by atoms with Crippen molar-refractivity contribution in [3.05, 3.63) is 94.5 Å². The summed E-state index contributed by atoms with van der Waals surface area (Å²) in [6, 6.07) is 23.3. The number of aryl methyl sites for hydroxylation is 1. The smallest absolute Gasteiger partial charge is 0.170 e. The van der Waals surface area contributed by atoms with Crippen LogP contribution in [0.5, 0.6) is 0 Å². The first-order valence-electron chi connectivity index (χ1n) is 8.64. The molecule has 24 heavy (non-hydrogen) atoms. The van der Waals surface area contributed by atoms with Gasteiger partial charge >= 0.3 is 0 Å². The average Bonchev–Trinajstić information content (AvgIpc) is 3.00. The van der Waals surface area contributed by atoms with Crippen molar-refractivity contribution < 1.29 is 4.79 Å². The number of Topliss-reactive ketones (excluding diaryl/α,β-unsaturated/α-hetero) is 1. The SMILES string of the molecule is O=C1c2ccccc2CCC1c1ccc2c(c1)-c1ccccc1C2. The summed E-state index contributed by atoms with van der Waals surface area (Å²) < 4.78 is 0. The Kier molecular flexibility index (Phi) is 2.96. The third kappa shape index (κ3) is 1.98. The Balaban J connectivity index is 1.57. The van der Waals surface area contributed by atoms with Crippen LogP contribution in [0.15, 0.2) is 66.7 Å². The quantitative estimate of drug-likeness (QED) is 0.474. The molecule has 0 saturated heterocycles. The van der Waals surface area contributed by atoms with Gasteiger partial charge in [-0.25, -0.2) is 0 Å². The highest BCUT2D eigenvalue weighted by Crippen LogP contribution is 2.40. The Hall–Kier alpha value is -2.67. The first kappa shape index (κ1) is 13.7. The van der Waals surface area contributed by atoms with Crippen molar-refractivity contribution >= 4 is 5.78 Å². The van der Waals surface area contributed by atoms with Crippen LogP contribution in [0.2, 0.25) is 0 Å². The molecule has 1 nitrogen and oxygen atoms in total. The van der Waals surface area contributed by atoms with Crippen LogP contribution in [-0.4, -0.2) is 5.78 Å². The Morgan fingerprint density at radius 1 is 0.708 bits per heavy atom. The van der Waals surface area contributed by atoms with Crippen LogP contribution < -0.4 is 0 Å². The molecular weight excluding hydrogens is 292 g/mol. The number of carbonyl (C=O) groups excluding carboxylic acids is 1. The zero-order valence-electron chi connectivity index (χ0n) is 13.5. The predicted molar refractivity (Wildman–Crippen MR) is 96.5 cm³/mol. The van der Waals surface area contributed by atoms with Crippen molar-refractivity contribution in [3.8, 4) is 11.1 Å². The maximum absolute atomic E-state index is 13.0. The van der Waals surface area contributed by atoms with Gasteiger partial charge in [0.05, 0.1) is 0 Å². The number of rotatable bonds is 1. The fourth-order valence-electron chi connectivity index (χ4n) is 4.27. The Bertz CT molecular complexity index is 967. The minimum Gasteiger partial charge on any atom is -0.293 e. The number of carbonyl (C=O) groups is 1. The summed E-state index contributed by atoms with van der Waals surface area (Å²) in [6.07, 6.45) is 2.91. The zero-order valence-corrected chi connectivity index (χ0v) is 13.5. The number of hydrogen-bond acceptors (Lipinski definition) is 1. The third-order valence-corrected chi connectivity index (χ3v) is 5.53. The molecule has 1 atom stereocenters. The molecule has 0 amide bonds. The lowest BCUT2D eigenvalue weighted by Crippen LogP contribution is -2.20. The fraction of sp³-hybridized carbons (Fsp3) is 0.174. The van der Waals surface area contributed by atoms with E-state index >= 15 is 0 Å². The summed E-state index contributed by atoms with van der Waals surface area (Å²) in [7, 11) is 0. The van der Waals surface area contributed by atoms with Crippen molar-refractivity contribution in [1.29, 1.82) is 0 Å². The molecule has 0 N–H and O–H groups in total. The molecular formula is C23H18O. The number of hydrogen-bond donors (Lipinski definition) is 0. The lowest BCUT2D eigenvalue weighted by Gasteiger charge is -2.24. The zero-order chi connectivity index (χ0) is 16.1. The molecule has 0 fully saturated rings. The largest absolute Gasteiger partial charge is 0.293 e. The van der Waals surface area contributed by atoms with Crippen LogP contribution in [0, 0.1) is 0 Å².